The smallest absolute Gasteiger partial charge is 0.244 e. The van der Waals surface area contributed by atoms with E-state index in [-0.39, 0.29) is 12.0 Å². The Bertz CT molecular complexity index is 751. The molecule has 0 unspecified atom stereocenters. The molecule has 0 radical (unpaired) electrons. The van der Waals surface area contributed by atoms with Crippen LogP contribution in [-0.2, 0) is 11.3 Å². The number of benzene rings is 2. The molecule has 2 rings (SSSR count). The van der Waals surface area contributed by atoms with Gasteiger partial charge in [0.25, 0.3) is 0 Å². The largest absolute Gasteiger partial charge is 0.493 e. The van der Waals surface area contributed by atoms with Crippen molar-refractivity contribution in [2.75, 3.05) is 14.2 Å². The highest BCUT2D eigenvalue weighted by atomic mass is 16.5. The molecule has 5 heteroatoms. The predicted octanol–water partition coefficient (Wildman–Crippen LogP) is 3.82. The van der Waals surface area contributed by atoms with Gasteiger partial charge in [0, 0.05) is 18.2 Å². The van der Waals surface area contributed by atoms with Crippen molar-refractivity contribution in [1.29, 1.82) is 0 Å². The lowest BCUT2D eigenvalue weighted by atomic mass is 10.1. The molecule has 2 aromatic carbocycles. The maximum absolute atomic E-state index is 12.1. The highest BCUT2D eigenvalue weighted by molar-refractivity contribution is 5.92. The van der Waals surface area contributed by atoms with Crippen molar-refractivity contribution in [3.05, 3.63) is 59.7 Å². The van der Waals surface area contributed by atoms with E-state index >= 15 is 0 Å². The molecule has 0 saturated carbocycles. The average molecular weight is 355 g/mol. The molecule has 26 heavy (non-hydrogen) atoms. The number of carbonyl (C=O) groups excluding carboxylic acids is 1. The average Bonchev–Trinajstić information content (AvgIpc) is 2.64. The molecule has 0 saturated heterocycles. The summed E-state index contributed by atoms with van der Waals surface area (Å²) in [7, 11) is 3.15. The van der Waals surface area contributed by atoms with Crippen molar-refractivity contribution >= 4 is 12.0 Å². The molecule has 0 aliphatic heterocycles. The maximum atomic E-state index is 12.1. The molecular weight excluding hydrogens is 330 g/mol. The topological polar surface area (TPSA) is 56.8 Å². The second-order valence-corrected chi connectivity index (χ2v) is 5.94. The Labute approximate surface area is 154 Å². The van der Waals surface area contributed by atoms with Crippen LogP contribution < -0.4 is 19.5 Å². The van der Waals surface area contributed by atoms with E-state index in [1.165, 1.54) is 6.08 Å². The standard InChI is InChI=1S/C21H25NO4/c1-15(2)26-18-11-8-16(9-12-18)14-22-20(23)13-10-17-6-5-7-19(24-3)21(17)25-4/h5-13,15H,14H2,1-4H3,(H,22,23)/b13-10+. The van der Waals surface area contributed by atoms with E-state index in [4.69, 9.17) is 14.2 Å². The summed E-state index contributed by atoms with van der Waals surface area (Å²) >= 11 is 0. The van der Waals surface area contributed by atoms with Crippen molar-refractivity contribution in [2.24, 2.45) is 0 Å². The van der Waals surface area contributed by atoms with Crippen LogP contribution in [0.1, 0.15) is 25.0 Å². The third-order valence-corrected chi connectivity index (χ3v) is 3.61. The van der Waals surface area contributed by atoms with E-state index in [2.05, 4.69) is 5.32 Å². The van der Waals surface area contributed by atoms with E-state index in [0.717, 1.165) is 16.9 Å². The number of ether oxygens (including phenoxy) is 3. The zero-order valence-corrected chi connectivity index (χ0v) is 15.6. The van der Waals surface area contributed by atoms with Gasteiger partial charge in [0.2, 0.25) is 5.91 Å². The summed E-state index contributed by atoms with van der Waals surface area (Å²) in [5, 5.41) is 2.86. The van der Waals surface area contributed by atoms with Gasteiger partial charge in [0.05, 0.1) is 20.3 Å². The van der Waals surface area contributed by atoms with Gasteiger partial charge in [-0.3, -0.25) is 4.79 Å². The molecule has 0 atom stereocenters. The molecule has 1 N–H and O–H groups in total. The van der Waals surface area contributed by atoms with Gasteiger partial charge in [-0.25, -0.2) is 0 Å². The van der Waals surface area contributed by atoms with Gasteiger partial charge in [0.15, 0.2) is 11.5 Å². The first-order valence-electron chi connectivity index (χ1n) is 8.46. The lowest BCUT2D eigenvalue weighted by Crippen LogP contribution is -2.20. The van der Waals surface area contributed by atoms with Crippen molar-refractivity contribution in [2.45, 2.75) is 26.5 Å². The van der Waals surface area contributed by atoms with E-state index in [1.54, 1.807) is 20.3 Å². The normalized spacial score (nSPS) is 10.8. The summed E-state index contributed by atoms with van der Waals surface area (Å²) in [5.74, 6) is 1.86. The summed E-state index contributed by atoms with van der Waals surface area (Å²) in [6.45, 7) is 4.41. The monoisotopic (exact) mass is 355 g/mol. The zero-order valence-electron chi connectivity index (χ0n) is 15.6. The van der Waals surface area contributed by atoms with Gasteiger partial charge in [-0.2, -0.15) is 0 Å². The Morgan fingerprint density at radius 2 is 1.81 bits per heavy atom. The van der Waals surface area contributed by atoms with Crippen molar-refractivity contribution in [3.8, 4) is 17.2 Å². The molecule has 0 fully saturated rings. The van der Waals surface area contributed by atoms with Gasteiger partial charge in [-0.05, 0) is 43.7 Å². The minimum atomic E-state index is -0.183. The number of para-hydroxylation sites is 1. The Balaban J connectivity index is 1.94. The molecule has 0 bridgehead atoms. The van der Waals surface area contributed by atoms with Crippen LogP contribution in [0.2, 0.25) is 0 Å². The maximum Gasteiger partial charge on any atom is 0.244 e. The van der Waals surface area contributed by atoms with E-state index in [1.807, 2.05) is 56.3 Å². The molecule has 0 aliphatic carbocycles. The SMILES string of the molecule is COc1cccc(/C=C/C(=O)NCc2ccc(OC(C)C)cc2)c1OC. The first-order chi connectivity index (χ1) is 12.5. The lowest BCUT2D eigenvalue weighted by molar-refractivity contribution is -0.116. The molecule has 0 heterocycles. The van der Waals surface area contributed by atoms with Gasteiger partial charge in [-0.15, -0.1) is 0 Å². The Morgan fingerprint density at radius 1 is 1.08 bits per heavy atom. The molecule has 138 valence electrons. The summed E-state index contributed by atoms with van der Waals surface area (Å²) < 4.78 is 16.2. The second-order valence-electron chi connectivity index (χ2n) is 5.94. The van der Waals surface area contributed by atoms with Gasteiger partial charge >= 0.3 is 0 Å². The highest BCUT2D eigenvalue weighted by Gasteiger charge is 2.07. The zero-order chi connectivity index (χ0) is 18.9. The predicted molar refractivity (Wildman–Crippen MR) is 103 cm³/mol. The van der Waals surface area contributed by atoms with Crippen LogP contribution in [0.25, 0.3) is 6.08 Å². The minimum Gasteiger partial charge on any atom is -0.493 e. The fourth-order valence-corrected chi connectivity index (χ4v) is 2.41. The Hall–Kier alpha value is -2.95. The third-order valence-electron chi connectivity index (χ3n) is 3.61. The Kier molecular flexibility index (Phi) is 7.09. The number of amides is 1. The Morgan fingerprint density at radius 3 is 2.42 bits per heavy atom. The van der Waals surface area contributed by atoms with Gasteiger partial charge < -0.3 is 19.5 Å². The number of methoxy groups -OCH3 is 2. The molecule has 5 nitrogen and oxygen atoms in total. The fraction of sp³-hybridized carbons (Fsp3) is 0.286. The van der Waals surface area contributed by atoms with Crippen LogP contribution in [0, 0.1) is 0 Å². The molecule has 0 aliphatic rings. The minimum absolute atomic E-state index is 0.138. The summed E-state index contributed by atoms with van der Waals surface area (Å²) in [6.07, 6.45) is 3.32. The second kappa shape index (κ2) is 9.51. The molecule has 1 amide bonds. The number of hydrogen-bond donors (Lipinski definition) is 1. The van der Waals surface area contributed by atoms with Crippen LogP contribution in [-0.4, -0.2) is 26.2 Å². The van der Waals surface area contributed by atoms with Crippen molar-refractivity contribution in [1.82, 2.24) is 5.32 Å². The molecule has 2 aromatic rings. The number of hydrogen-bond acceptors (Lipinski definition) is 4. The quantitative estimate of drug-likeness (QED) is 0.732. The highest BCUT2D eigenvalue weighted by Crippen LogP contribution is 2.31. The van der Waals surface area contributed by atoms with E-state index in [9.17, 15) is 4.79 Å². The van der Waals surface area contributed by atoms with Crippen LogP contribution in [0.5, 0.6) is 17.2 Å². The summed E-state index contributed by atoms with van der Waals surface area (Å²) in [4.78, 5) is 12.1. The molecular formula is C21H25NO4. The fourth-order valence-electron chi connectivity index (χ4n) is 2.41. The van der Waals surface area contributed by atoms with Crippen LogP contribution in [0.15, 0.2) is 48.5 Å². The van der Waals surface area contributed by atoms with Crippen LogP contribution in [0.4, 0.5) is 0 Å². The summed E-state index contributed by atoms with van der Waals surface area (Å²) in [6, 6.07) is 13.2. The van der Waals surface area contributed by atoms with Gasteiger partial charge in [-0.1, -0.05) is 24.3 Å². The molecule has 0 aromatic heterocycles. The summed E-state index contributed by atoms with van der Waals surface area (Å²) in [5.41, 5.74) is 1.78. The van der Waals surface area contributed by atoms with Crippen molar-refractivity contribution < 1.29 is 19.0 Å². The number of nitrogens with one attached hydrogen (secondary N) is 1. The first-order valence-corrected chi connectivity index (χ1v) is 8.46. The third kappa shape index (κ3) is 5.55. The van der Waals surface area contributed by atoms with E-state index < -0.39 is 0 Å². The first kappa shape index (κ1) is 19.4. The van der Waals surface area contributed by atoms with Crippen LogP contribution in [0.3, 0.4) is 0 Å². The van der Waals surface area contributed by atoms with Crippen LogP contribution >= 0.6 is 0 Å². The van der Waals surface area contributed by atoms with E-state index in [0.29, 0.717) is 18.0 Å². The molecule has 0 spiro atoms. The number of carbonyl (C=O) groups is 1. The van der Waals surface area contributed by atoms with Gasteiger partial charge in [0.1, 0.15) is 5.75 Å². The lowest BCUT2D eigenvalue weighted by Gasteiger charge is -2.10. The van der Waals surface area contributed by atoms with Crippen molar-refractivity contribution in [3.63, 3.8) is 0 Å². The number of rotatable bonds is 8.